The molecule has 4 N–H and O–H groups in total. The van der Waals surface area contributed by atoms with Gasteiger partial charge >= 0.3 is 0 Å². The third kappa shape index (κ3) is 5.01. The molecule has 0 aliphatic carbocycles. The molecule has 0 fully saturated rings. The smallest absolute Gasteiger partial charge is 0.262 e. The maximum absolute atomic E-state index is 12.9. The minimum atomic E-state index is -0.575. The van der Waals surface area contributed by atoms with Gasteiger partial charge in [-0.05, 0) is 46.2 Å². The van der Waals surface area contributed by atoms with E-state index in [0.717, 1.165) is 0 Å². The lowest BCUT2D eigenvalue weighted by Gasteiger charge is -2.23. The van der Waals surface area contributed by atoms with Crippen molar-refractivity contribution in [2.24, 2.45) is 5.73 Å². The van der Waals surface area contributed by atoms with Gasteiger partial charge in [0.25, 0.3) is 5.56 Å². The van der Waals surface area contributed by atoms with E-state index in [9.17, 15) is 9.90 Å². The van der Waals surface area contributed by atoms with Crippen molar-refractivity contribution in [2.75, 3.05) is 6.54 Å². The summed E-state index contributed by atoms with van der Waals surface area (Å²) in [5, 5.41) is 14.2. The van der Waals surface area contributed by atoms with Gasteiger partial charge in [0.2, 0.25) is 0 Å². The van der Waals surface area contributed by atoms with E-state index in [1.807, 2.05) is 20.8 Å². The number of hydrogen-bond acceptors (Lipinski definition) is 5. The van der Waals surface area contributed by atoms with Crippen LogP contribution in [0.4, 0.5) is 0 Å². The number of nitrogens with zero attached hydrogens (tertiary/aromatic N) is 2. The molecule has 0 aliphatic rings. The van der Waals surface area contributed by atoms with Gasteiger partial charge < -0.3 is 16.2 Å². The Bertz CT molecular complexity index is 796. The van der Waals surface area contributed by atoms with Gasteiger partial charge in [0.1, 0.15) is 5.82 Å². The van der Waals surface area contributed by atoms with E-state index in [1.165, 1.54) is 4.57 Å². The third-order valence-corrected chi connectivity index (χ3v) is 4.24. The number of aliphatic hydroxyl groups excluding tert-OH is 1. The van der Waals surface area contributed by atoms with Crippen LogP contribution in [0.2, 0.25) is 5.02 Å². The minimum Gasteiger partial charge on any atom is -0.392 e. The SMILES string of the molecule is C[C@H](N)c1nc2cccc(Cl)c2c(=O)n1CCC(O)CNC(C)(C)C. The zero-order valence-electron chi connectivity index (χ0n) is 15.2. The molecule has 0 aliphatic heterocycles. The molecule has 0 amide bonds. The first kappa shape index (κ1) is 19.8. The Kier molecular flexibility index (Phi) is 6.21. The molecule has 1 aromatic heterocycles. The number of rotatable bonds is 6. The summed E-state index contributed by atoms with van der Waals surface area (Å²) in [5.74, 6) is 0.496. The van der Waals surface area contributed by atoms with Crippen LogP contribution in [0.25, 0.3) is 10.9 Å². The monoisotopic (exact) mass is 366 g/mol. The molecular formula is C18H27ClN4O2. The van der Waals surface area contributed by atoms with Crippen LogP contribution in [-0.2, 0) is 6.54 Å². The second kappa shape index (κ2) is 7.83. The zero-order chi connectivity index (χ0) is 18.8. The number of β-amino-alcohol motifs (C(OH)–C–C–N with tert-alkyl or cyclic N) is 1. The van der Waals surface area contributed by atoms with Crippen molar-refractivity contribution in [1.82, 2.24) is 14.9 Å². The molecule has 0 bridgehead atoms. The van der Waals surface area contributed by atoms with Crippen LogP contribution in [0.5, 0.6) is 0 Å². The zero-order valence-corrected chi connectivity index (χ0v) is 16.0. The summed E-state index contributed by atoms with van der Waals surface area (Å²) in [4.78, 5) is 17.4. The molecule has 25 heavy (non-hydrogen) atoms. The van der Waals surface area contributed by atoms with E-state index < -0.39 is 12.1 Å². The number of nitrogens with two attached hydrogens (primary N) is 1. The van der Waals surface area contributed by atoms with Gasteiger partial charge in [-0.15, -0.1) is 0 Å². The van der Waals surface area contributed by atoms with Gasteiger partial charge in [0, 0.05) is 18.6 Å². The van der Waals surface area contributed by atoms with Crippen LogP contribution in [-0.4, -0.2) is 32.8 Å². The topological polar surface area (TPSA) is 93.2 Å². The number of benzene rings is 1. The molecule has 7 heteroatoms. The van der Waals surface area contributed by atoms with E-state index in [1.54, 1.807) is 25.1 Å². The molecule has 1 heterocycles. The molecule has 1 unspecified atom stereocenters. The molecule has 2 atom stereocenters. The first-order chi connectivity index (χ1) is 11.6. The second-order valence-corrected chi connectivity index (χ2v) is 7.83. The lowest BCUT2D eigenvalue weighted by Crippen LogP contribution is -2.41. The van der Waals surface area contributed by atoms with E-state index in [-0.39, 0.29) is 11.1 Å². The fourth-order valence-corrected chi connectivity index (χ4v) is 2.86. The molecule has 1 aromatic carbocycles. The Morgan fingerprint density at radius 2 is 2.08 bits per heavy atom. The maximum Gasteiger partial charge on any atom is 0.262 e. The second-order valence-electron chi connectivity index (χ2n) is 7.42. The van der Waals surface area contributed by atoms with Gasteiger partial charge in [-0.3, -0.25) is 9.36 Å². The standard InChI is InChI=1S/C18H27ClN4O2/c1-11(20)16-22-14-7-5-6-13(19)15(14)17(25)23(16)9-8-12(24)10-21-18(2,3)4/h5-7,11-12,21,24H,8-10,20H2,1-4H3/t11-,12?/m0/s1. The Hall–Kier alpha value is -1.47. The number of aliphatic hydroxyl groups is 1. The van der Waals surface area contributed by atoms with Crippen molar-refractivity contribution >= 4 is 22.5 Å². The molecule has 0 saturated heterocycles. The summed E-state index contributed by atoms with van der Waals surface area (Å²) < 4.78 is 1.53. The Morgan fingerprint density at radius 3 is 2.68 bits per heavy atom. The summed E-state index contributed by atoms with van der Waals surface area (Å²) in [6, 6.07) is 4.78. The number of fused-ring (bicyclic) bond motifs is 1. The summed E-state index contributed by atoms with van der Waals surface area (Å²) in [6.45, 7) is 8.67. The predicted molar refractivity (Wildman–Crippen MR) is 102 cm³/mol. The summed E-state index contributed by atoms with van der Waals surface area (Å²) in [7, 11) is 0. The molecule has 0 spiro atoms. The van der Waals surface area contributed by atoms with Crippen LogP contribution in [0.15, 0.2) is 23.0 Å². The molecule has 0 saturated carbocycles. The highest BCUT2D eigenvalue weighted by molar-refractivity contribution is 6.35. The lowest BCUT2D eigenvalue weighted by molar-refractivity contribution is 0.145. The summed E-state index contributed by atoms with van der Waals surface area (Å²) in [5.41, 5.74) is 6.24. The highest BCUT2D eigenvalue weighted by Gasteiger charge is 2.17. The molecule has 6 nitrogen and oxygen atoms in total. The number of hydrogen-bond donors (Lipinski definition) is 3. The quantitative estimate of drug-likeness (QED) is 0.728. The Morgan fingerprint density at radius 1 is 1.40 bits per heavy atom. The molecule has 2 aromatic rings. The molecular weight excluding hydrogens is 340 g/mol. The average Bonchev–Trinajstić information content (AvgIpc) is 2.50. The molecule has 2 rings (SSSR count). The van der Waals surface area contributed by atoms with Gasteiger partial charge in [0.15, 0.2) is 0 Å². The van der Waals surface area contributed by atoms with Crippen LogP contribution < -0.4 is 16.6 Å². The third-order valence-electron chi connectivity index (χ3n) is 3.92. The molecule has 138 valence electrons. The number of aromatic nitrogens is 2. The van der Waals surface area contributed by atoms with Crippen molar-refractivity contribution in [3.63, 3.8) is 0 Å². The Balaban J connectivity index is 2.30. The average molecular weight is 367 g/mol. The highest BCUT2D eigenvalue weighted by Crippen LogP contribution is 2.20. The predicted octanol–water partition coefficient (Wildman–Crippen LogP) is 2.21. The first-order valence-electron chi connectivity index (χ1n) is 8.48. The number of nitrogens with one attached hydrogen (secondary N) is 1. The number of halogens is 1. The van der Waals surface area contributed by atoms with Gasteiger partial charge in [-0.25, -0.2) is 4.98 Å². The van der Waals surface area contributed by atoms with Crippen LogP contribution in [0, 0.1) is 0 Å². The largest absolute Gasteiger partial charge is 0.392 e. The normalized spacial score (nSPS) is 14.7. The van der Waals surface area contributed by atoms with Crippen molar-refractivity contribution in [3.8, 4) is 0 Å². The summed E-state index contributed by atoms with van der Waals surface area (Å²) in [6.07, 6.45) is -0.158. The minimum absolute atomic E-state index is 0.0766. The first-order valence-corrected chi connectivity index (χ1v) is 8.85. The fraction of sp³-hybridized carbons (Fsp3) is 0.556. The van der Waals surface area contributed by atoms with Crippen LogP contribution >= 0.6 is 11.6 Å². The van der Waals surface area contributed by atoms with Gasteiger partial charge in [-0.1, -0.05) is 17.7 Å². The maximum atomic E-state index is 12.9. The lowest BCUT2D eigenvalue weighted by atomic mass is 10.1. The Labute approximate surface area is 153 Å². The van der Waals surface area contributed by atoms with Gasteiger partial charge in [-0.2, -0.15) is 0 Å². The molecule has 0 radical (unpaired) electrons. The van der Waals surface area contributed by atoms with Gasteiger partial charge in [0.05, 0.1) is 28.1 Å². The van der Waals surface area contributed by atoms with Crippen LogP contribution in [0.3, 0.4) is 0 Å². The van der Waals surface area contributed by atoms with Crippen molar-refractivity contribution in [1.29, 1.82) is 0 Å². The van der Waals surface area contributed by atoms with Crippen LogP contribution in [0.1, 0.15) is 46.0 Å². The summed E-state index contributed by atoms with van der Waals surface area (Å²) >= 11 is 6.18. The van der Waals surface area contributed by atoms with Crippen molar-refractivity contribution in [3.05, 3.63) is 39.4 Å². The van der Waals surface area contributed by atoms with E-state index >= 15 is 0 Å². The van der Waals surface area contributed by atoms with Crippen molar-refractivity contribution < 1.29 is 5.11 Å². The van der Waals surface area contributed by atoms with E-state index in [2.05, 4.69) is 10.3 Å². The van der Waals surface area contributed by atoms with Crippen molar-refractivity contribution in [2.45, 2.75) is 58.3 Å². The van der Waals surface area contributed by atoms with E-state index in [0.29, 0.717) is 41.3 Å². The van der Waals surface area contributed by atoms with E-state index in [4.69, 9.17) is 17.3 Å². The highest BCUT2D eigenvalue weighted by atomic mass is 35.5. The fourth-order valence-electron chi connectivity index (χ4n) is 2.61.